The van der Waals surface area contributed by atoms with Gasteiger partial charge >= 0.3 is 0 Å². The zero-order chi connectivity index (χ0) is 15.6. The van der Waals surface area contributed by atoms with Crippen LogP contribution in [0.15, 0.2) is 24.3 Å². The van der Waals surface area contributed by atoms with Crippen LogP contribution < -0.4 is 0 Å². The van der Waals surface area contributed by atoms with Gasteiger partial charge in [0.15, 0.2) is 0 Å². The number of aryl methyl sites for hydroxylation is 1. The molecular formula is C16H23NO3S. The molecule has 0 aromatic heterocycles. The Hall–Kier alpha value is -1.36. The summed E-state index contributed by atoms with van der Waals surface area (Å²) in [5.74, 6) is 0.233. The SMILES string of the molecule is Cc1ccccc1C1CC(C)N(C(=O)CCS(C)(=O)=O)C1. The molecule has 1 amide bonds. The molecule has 1 aliphatic rings. The molecule has 0 spiro atoms. The summed E-state index contributed by atoms with van der Waals surface area (Å²) in [6.45, 7) is 4.82. The third-order valence-electron chi connectivity index (χ3n) is 4.21. The van der Waals surface area contributed by atoms with E-state index in [-0.39, 0.29) is 24.1 Å². The van der Waals surface area contributed by atoms with Crippen LogP contribution in [0.25, 0.3) is 0 Å². The molecular weight excluding hydrogens is 286 g/mol. The lowest BCUT2D eigenvalue weighted by atomic mass is 9.93. The van der Waals surface area contributed by atoms with Gasteiger partial charge in [-0.25, -0.2) is 8.42 Å². The van der Waals surface area contributed by atoms with Crippen molar-refractivity contribution in [3.8, 4) is 0 Å². The van der Waals surface area contributed by atoms with Gasteiger partial charge in [-0.05, 0) is 31.4 Å². The van der Waals surface area contributed by atoms with Crippen LogP contribution in [0.1, 0.15) is 36.8 Å². The topological polar surface area (TPSA) is 54.5 Å². The minimum absolute atomic E-state index is 0.0518. The molecule has 0 N–H and O–H groups in total. The van der Waals surface area contributed by atoms with Gasteiger partial charge in [-0.1, -0.05) is 24.3 Å². The standard InChI is InChI=1S/C16H23NO3S/c1-12-6-4-5-7-15(12)14-10-13(2)17(11-14)16(18)8-9-21(3,19)20/h4-7,13-14H,8-11H2,1-3H3. The van der Waals surface area contributed by atoms with Crippen molar-refractivity contribution in [1.82, 2.24) is 4.90 Å². The summed E-state index contributed by atoms with van der Waals surface area (Å²) in [7, 11) is -3.09. The Morgan fingerprint density at radius 3 is 2.62 bits per heavy atom. The normalized spacial score (nSPS) is 22.5. The molecule has 0 saturated carbocycles. The van der Waals surface area contributed by atoms with Crippen molar-refractivity contribution in [2.45, 2.75) is 38.6 Å². The number of carbonyl (C=O) groups is 1. The van der Waals surface area contributed by atoms with Crippen LogP contribution in [-0.4, -0.2) is 43.8 Å². The predicted molar refractivity (Wildman–Crippen MR) is 84.0 cm³/mol. The third-order valence-corrected chi connectivity index (χ3v) is 5.16. The van der Waals surface area contributed by atoms with E-state index in [0.29, 0.717) is 12.5 Å². The van der Waals surface area contributed by atoms with E-state index < -0.39 is 9.84 Å². The first kappa shape index (κ1) is 16.0. The molecule has 1 saturated heterocycles. The van der Waals surface area contributed by atoms with Crippen LogP contribution in [0.5, 0.6) is 0 Å². The van der Waals surface area contributed by atoms with Gasteiger partial charge in [0, 0.05) is 31.2 Å². The van der Waals surface area contributed by atoms with Crippen LogP contribution in [0.3, 0.4) is 0 Å². The van der Waals surface area contributed by atoms with Gasteiger partial charge in [-0.3, -0.25) is 4.79 Å². The lowest BCUT2D eigenvalue weighted by Crippen LogP contribution is -2.34. The number of sulfone groups is 1. The number of hydrogen-bond donors (Lipinski definition) is 0. The van der Waals surface area contributed by atoms with Crippen molar-refractivity contribution in [2.24, 2.45) is 0 Å². The Bertz CT molecular complexity index is 624. The molecule has 2 unspecified atom stereocenters. The molecule has 1 fully saturated rings. The highest BCUT2D eigenvalue weighted by molar-refractivity contribution is 7.90. The van der Waals surface area contributed by atoms with Crippen LogP contribution >= 0.6 is 0 Å². The summed E-state index contributed by atoms with van der Waals surface area (Å²) >= 11 is 0. The average molecular weight is 309 g/mol. The lowest BCUT2D eigenvalue weighted by Gasteiger charge is -2.21. The van der Waals surface area contributed by atoms with Crippen molar-refractivity contribution in [3.05, 3.63) is 35.4 Å². The van der Waals surface area contributed by atoms with Gasteiger partial charge in [-0.2, -0.15) is 0 Å². The maximum Gasteiger partial charge on any atom is 0.223 e. The number of nitrogens with zero attached hydrogens (tertiary/aromatic N) is 1. The smallest absolute Gasteiger partial charge is 0.223 e. The molecule has 2 atom stereocenters. The van der Waals surface area contributed by atoms with Crippen molar-refractivity contribution in [2.75, 3.05) is 18.6 Å². The summed E-state index contributed by atoms with van der Waals surface area (Å²) < 4.78 is 22.4. The quantitative estimate of drug-likeness (QED) is 0.856. The van der Waals surface area contributed by atoms with Crippen molar-refractivity contribution in [1.29, 1.82) is 0 Å². The maximum absolute atomic E-state index is 12.2. The molecule has 116 valence electrons. The fourth-order valence-corrected chi connectivity index (χ4v) is 3.61. The summed E-state index contributed by atoms with van der Waals surface area (Å²) in [4.78, 5) is 14.1. The molecule has 2 rings (SSSR count). The zero-order valence-electron chi connectivity index (χ0n) is 12.9. The average Bonchev–Trinajstić information content (AvgIpc) is 2.77. The monoisotopic (exact) mass is 309 g/mol. The minimum atomic E-state index is -3.09. The van der Waals surface area contributed by atoms with Crippen LogP contribution in [0.2, 0.25) is 0 Å². The Morgan fingerprint density at radius 2 is 2.00 bits per heavy atom. The highest BCUT2D eigenvalue weighted by Crippen LogP contribution is 2.33. The van der Waals surface area contributed by atoms with Gasteiger partial charge in [-0.15, -0.1) is 0 Å². The van der Waals surface area contributed by atoms with E-state index >= 15 is 0 Å². The molecule has 5 heteroatoms. The van der Waals surface area contributed by atoms with Crippen LogP contribution in [0.4, 0.5) is 0 Å². The molecule has 0 radical (unpaired) electrons. The molecule has 0 bridgehead atoms. The van der Waals surface area contributed by atoms with E-state index in [0.717, 1.165) is 6.42 Å². The maximum atomic E-state index is 12.2. The number of benzene rings is 1. The van der Waals surface area contributed by atoms with Gasteiger partial charge < -0.3 is 4.90 Å². The first-order chi connectivity index (χ1) is 9.78. The first-order valence-corrected chi connectivity index (χ1v) is 9.36. The summed E-state index contributed by atoms with van der Waals surface area (Å²) in [6, 6.07) is 8.43. The Morgan fingerprint density at radius 1 is 1.33 bits per heavy atom. The number of likely N-dealkylation sites (tertiary alicyclic amines) is 1. The number of carbonyl (C=O) groups excluding carboxylic acids is 1. The molecule has 21 heavy (non-hydrogen) atoms. The van der Waals surface area contributed by atoms with Crippen LogP contribution in [-0.2, 0) is 14.6 Å². The minimum Gasteiger partial charge on any atom is -0.339 e. The van der Waals surface area contributed by atoms with Crippen molar-refractivity contribution in [3.63, 3.8) is 0 Å². The highest BCUT2D eigenvalue weighted by atomic mass is 32.2. The molecule has 1 aromatic carbocycles. The van der Waals surface area contributed by atoms with Crippen molar-refractivity contribution >= 4 is 15.7 Å². The Labute approximate surface area is 127 Å². The first-order valence-electron chi connectivity index (χ1n) is 7.30. The van der Waals surface area contributed by atoms with E-state index in [1.807, 2.05) is 24.0 Å². The molecule has 1 aliphatic heterocycles. The number of hydrogen-bond acceptors (Lipinski definition) is 3. The second-order valence-corrected chi connectivity index (χ2v) is 8.32. The Balaban J connectivity index is 2.04. The van der Waals surface area contributed by atoms with E-state index in [2.05, 4.69) is 19.1 Å². The molecule has 1 aromatic rings. The fourth-order valence-electron chi connectivity index (χ4n) is 3.07. The second-order valence-electron chi connectivity index (χ2n) is 6.06. The van der Waals surface area contributed by atoms with Crippen molar-refractivity contribution < 1.29 is 13.2 Å². The van der Waals surface area contributed by atoms with E-state index in [4.69, 9.17) is 0 Å². The van der Waals surface area contributed by atoms with E-state index in [9.17, 15) is 13.2 Å². The third kappa shape index (κ3) is 4.06. The van der Waals surface area contributed by atoms with Gasteiger partial charge in [0.25, 0.3) is 0 Å². The van der Waals surface area contributed by atoms with E-state index in [1.54, 1.807) is 0 Å². The predicted octanol–water partition coefficient (Wildman–Crippen LogP) is 2.13. The Kier molecular flexibility index (Phi) is 4.71. The lowest BCUT2D eigenvalue weighted by molar-refractivity contribution is -0.131. The van der Waals surface area contributed by atoms with Gasteiger partial charge in [0.1, 0.15) is 9.84 Å². The summed E-state index contributed by atoms with van der Waals surface area (Å²) in [5, 5.41) is 0. The number of amides is 1. The van der Waals surface area contributed by atoms with Crippen LogP contribution in [0, 0.1) is 6.92 Å². The molecule has 0 aliphatic carbocycles. The second kappa shape index (κ2) is 6.18. The zero-order valence-corrected chi connectivity index (χ0v) is 13.7. The summed E-state index contributed by atoms with van der Waals surface area (Å²) in [5.41, 5.74) is 2.54. The van der Waals surface area contributed by atoms with Gasteiger partial charge in [0.05, 0.1) is 5.75 Å². The van der Waals surface area contributed by atoms with E-state index in [1.165, 1.54) is 17.4 Å². The molecule has 4 nitrogen and oxygen atoms in total. The summed E-state index contributed by atoms with van der Waals surface area (Å²) in [6.07, 6.45) is 2.20. The highest BCUT2D eigenvalue weighted by Gasteiger charge is 2.33. The molecule has 1 heterocycles. The van der Waals surface area contributed by atoms with Gasteiger partial charge in [0.2, 0.25) is 5.91 Å². The largest absolute Gasteiger partial charge is 0.339 e. The fraction of sp³-hybridized carbons (Fsp3) is 0.562. The number of rotatable bonds is 4.